The van der Waals surface area contributed by atoms with Gasteiger partial charge in [0.05, 0.1) is 12.0 Å². The predicted octanol–water partition coefficient (Wildman–Crippen LogP) is 4.84. The van der Waals surface area contributed by atoms with Crippen molar-refractivity contribution in [1.29, 1.82) is 0 Å². The quantitative estimate of drug-likeness (QED) is 0.680. The van der Waals surface area contributed by atoms with Crippen LogP contribution in [0, 0.1) is 17.8 Å². The molecule has 1 heterocycles. The van der Waals surface area contributed by atoms with Crippen molar-refractivity contribution in [1.82, 2.24) is 5.32 Å². The van der Waals surface area contributed by atoms with Gasteiger partial charge in [-0.3, -0.25) is 4.79 Å². The first-order chi connectivity index (χ1) is 13.5. The highest BCUT2D eigenvalue weighted by Gasteiger charge is 2.41. The lowest BCUT2D eigenvalue weighted by atomic mass is 9.82. The molecule has 1 N–H and O–H groups in total. The first kappa shape index (κ1) is 20.7. The molecule has 2 fully saturated rings. The van der Waals surface area contributed by atoms with E-state index >= 15 is 0 Å². The Morgan fingerprint density at radius 3 is 2.54 bits per heavy atom. The minimum absolute atomic E-state index is 0.0824. The van der Waals surface area contributed by atoms with E-state index < -0.39 is 6.09 Å². The molecule has 1 saturated heterocycles. The van der Waals surface area contributed by atoms with Crippen molar-refractivity contribution < 1.29 is 19.1 Å². The zero-order chi connectivity index (χ0) is 19.9. The fourth-order valence-corrected chi connectivity index (χ4v) is 4.42. The zero-order valence-corrected chi connectivity index (χ0v) is 17.1. The minimum Gasteiger partial charge on any atom is -0.460 e. The van der Waals surface area contributed by atoms with Crippen LogP contribution >= 0.6 is 0 Å². The summed E-state index contributed by atoms with van der Waals surface area (Å²) in [4.78, 5) is 24.7. The van der Waals surface area contributed by atoms with Gasteiger partial charge in [-0.25, -0.2) is 4.79 Å². The maximum Gasteiger partial charge on any atom is 0.407 e. The van der Waals surface area contributed by atoms with Gasteiger partial charge in [0.25, 0.3) is 0 Å². The average Bonchev–Trinajstić information content (AvgIpc) is 3.09. The molecule has 1 aliphatic heterocycles. The second kappa shape index (κ2) is 9.94. The van der Waals surface area contributed by atoms with Gasteiger partial charge in [-0.15, -0.1) is 0 Å². The first-order valence-electron chi connectivity index (χ1n) is 10.7. The monoisotopic (exact) mass is 387 g/mol. The zero-order valence-electron chi connectivity index (χ0n) is 17.1. The number of esters is 1. The SMILES string of the molecule is CC(C)C1CC([C@H](CC2CCCCC2)NC(=O)OCc2ccccc2)OC1=O. The molecule has 2 unspecified atom stereocenters. The average molecular weight is 388 g/mol. The number of carbonyl (C=O) groups excluding carboxylic acids is 2. The Morgan fingerprint density at radius 1 is 1.18 bits per heavy atom. The largest absolute Gasteiger partial charge is 0.460 e. The van der Waals surface area contributed by atoms with Crippen LogP contribution < -0.4 is 5.32 Å². The Bertz CT molecular complexity index is 639. The number of alkyl carbamates (subject to hydrolysis) is 1. The standard InChI is InChI=1S/C23H33NO4/c1-16(2)19-14-21(28-22(19)25)20(13-17-9-5-3-6-10-17)24-23(26)27-15-18-11-7-4-8-12-18/h4,7-8,11-12,16-17,19-21H,3,5-6,9-10,13-15H2,1-2H3,(H,24,26)/t19?,20-,21?/m0/s1. The Morgan fingerprint density at radius 2 is 1.89 bits per heavy atom. The maximum absolute atomic E-state index is 12.4. The molecule has 28 heavy (non-hydrogen) atoms. The van der Waals surface area contributed by atoms with Gasteiger partial charge in [-0.1, -0.05) is 76.3 Å². The van der Waals surface area contributed by atoms with Crippen LogP contribution in [0.2, 0.25) is 0 Å². The van der Waals surface area contributed by atoms with Gasteiger partial charge < -0.3 is 14.8 Å². The van der Waals surface area contributed by atoms with Crippen molar-refractivity contribution in [3.8, 4) is 0 Å². The molecule has 1 aromatic rings. The van der Waals surface area contributed by atoms with Crippen molar-refractivity contribution in [2.75, 3.05) is 0 Å². The lowest BCUT2D eigenvalue weighted by Crippen LogP contribution is -2.45. The summed E-state index contributed by atoms with van der Waals surface area (Å²) in [5.74, 6) is 0.608. The highest BCUT2D eigenvalue weighted by Crippen LogP contribution is 2.34. The number of carbonyl (C=O) groups is 2. The summed E-state index contributed by atoms with van der Waals surface area (Å²) >= 11 is 0. The van der Waals surface area contributed by atoms with Gasteiger partial charge in [0.2, 0.25) is 0 Å². The van der Waals surface area contributed by atoms with E-state index in [2.05, 4.69) is 5.32 Å². The number of benzene rings is 1. The summed E-state index contributed by atoms with van der Waals surface area (Å²) in [6.45, 7) is 4.33. The lowest BCUT2D eigenvalue weighted by molar-refractivity contribution is -0.146. The second-order valence-corrected chi connectivity index (χ2v) is 8.61. The molecular formula is C23H33NO4. The van der Waals surface area contributed by atoms with Crippen molar-refractivity contribution >= 4 is 12.1 Å². The van der Waals surface area contributed by atoms with Crippen LogP contribution in [0.5, 0.6) is 0 Å². The normalized spacial score (nSPS) is 24.0. The number of rotatable bonds is 7. The molecule has 154 valence electrons. The van der Waals surface area contributed by atoms with Crippen LogP contribution in [0.15, 0.2) is 30.3 Å². The second-order valence-electron chi connectivity index (χ2n) is 8.61. The molecule has 1 aromatic carbocycles. The molecule has 5 heteroatoms. The van der Waals surface area contributed by atoms with Gasteiger partial charge >= 0.3 is 12.1 Å². The smallest absolute Gasteiger partial charge is 0.407 e. The Labute approximate surface area is 168 Å². The van der Waals surface area contributed by atoms with Crippen LogP contribution in [-0.4, -0.2) is 24.2 Å². The van der Waals surface area contributed by atoms with Crippen molar-refractivity contribution in [2.45, 2.75) is 77.5 Å². The summed E-state index contributed by atoms with van der Waals surface area (Å²) in [6, 6.07) is 9.46. The van der Waals surface area contributed by atoms with Crippen molar-refractivity contribution in [3.05, 3.63) is 35.9 Å². The molecule has 1 aliphatic carbocycles. The molecule has 0 radical (unpaired) electrons. The number of cyclic esters (lactones) is 1. The molecule has 0 aromatic heterocycles. The van der Waals surface area contributed by atoms with E-state index in [-0.39, 0.29) is 36.6 Å². The highest BCUT2D eigenvalue weighted by atomic mass is 16.6. The highest BCUT2D eigenvalue weighted by molar-refractivity contribution is 5.75. The molecule has 5 nitrogen and oxygen atoms in total. The van der Waals surface area contributed by atoms with E-state index in [0.717, 1.165) is 12.0 Å². The van der Waals surface area contributed by atoms with Gasteiger partial charge in [0, 0.05) is 0 Å². The lowest BCUT2D eigenvalue weighted by Gasteiger charge is -2.29. The van der Waals surface area contributed by atoms with Crippen molar-refractivity contribution in [2.24, 2.45) is 17.8 Å². The van der Waals surface area contributed by atoms with E-state index in [0.29, 0.717) is 12.3 Å². The summed E-state index contributed by atoms with van der Waals surface area (Å²) in [5, 5.41) is 3.02. The minimum atomic E-state index is -0.436. The van der Waals surface area contributed by atoms with Crippen molar-refractivity contribution in [3.63, 3.8) is 0 Å². The molecule has 0 bridgehead atoms. The third-order valence-electron chi connectivity index (χ3n) is 6.14. The summed E-state index contributed by atoms with van der Waals surface area (Å²) in [5.41, 5.74) is 0.952. The van der Waals surface area contributed by atoms with E-state index in [1.54, 1.807) is 0 Å². The Kier molecular flexibility index (Phi) is 7.35. The predicted molar refractivity (Wildman–Crippen MR) is 108 cm³/mol. The number of hydrogen-bond acceptors (Lipinski definition) is 4. The molecule has 3 rings (SSSR count). The fraction of sp³-hybridized carbons (Fsp3) is 0.652. The molecule has 2 aliphatic rings. The number of hydrogen-bond donors (Lipinski definition) is 1. The molecular weight excluding hydrogens is 354 g/mol. The van der Waals surface area contributed by atoms with Crippen LogP contribution in [0.25, 0.3) is 0 Å². The Hall–Kier alpha value is -2.04. The van der Waals surface area contributed by atoms with Gasteiger partial charge in [-0.2, -0.15) is 0 Å². The Balaban J connectivity index is 1.60. The van der Waals surface area contributed by atoms with Crippen LogP contribution in [0.3, 0.4) is 0 Å². The van der Waals surface area contributed by atoms with E-state index in [9.17, 15) is 9.59 Å². The molecule has 1 saturated carbocycles. The summed E-state index contributed by atoms with van der Waals surface area (Å²) in [6.07, 6.45) is 6.98. The third kappa shape index (κ3) is 5.73. The topological polar surface area (TPSA) is 64.6 Å². The van der Waals surface area contributed by atoms with Crippen LogP contribution in [-0.2, 0) is 20.9 Å². The van der Waals surface area contributed by atoms with Gasteiger partial charge in [-0.05, 0) is 30.2 Å². The fourth-order valence-electron chi connectivity index (χ4n) is 4.42. The number of nitrogens with one attached hydrogen (secondary N) is 1. The molecule has 1 amide bonds. The van der Waals surface area contributed by atoms with Crippen LogP contribution in [0.1, 0.15) is 64.4 Å². The van der Waals surface area contributed by atoms with Crippen LogP contribution in [0.4, 0.5) is 4.79 Å². The van der Waals surface area contributed by atoms with Gasteiger partial charge in [0.1, 0.15) is 12.7 Å². The third-order valence-corrected chi connectivity index (χ3v) is 6.14. The van der Waals surface area contributed by atoms with E-state index in [1.807, 2.05) is 44.2 Å². The molecule has 0 spiro atoms. The number of amides is 1. The molecule has 3 atom stereocenters. The first-order valence-corrected chi connectivity index (χ1v) is 10.7. The van der Waals surface area contributed by atoms with E-state index in [1.165, 1.54) is 32.1 Å². The van der Waals surface area contributed by atoms with E-state index in [4.69, 9.17) is 9.47 Å². The number of ether oxygens (including phenoxy) is 2. The van der Waals surface area contributed by atoms with Gasteiger partial charge in [0.15, 0.2) is 0 Å². The summed E-state index contributed by atoms with van der Waals surface area (Å²) in [7, 11) is 0. The maximum atomic E-state index is 12.4. The summed E-state index contributed by atoms with van der Waals surface area (Å²) < 4.78 is 11.1.